The van der Waals surface area contributed by atoms with Crippen LogP contribution in [0.25, 0.3) is 11.0 Å². The number of imidazole rings is 1. The van der Waals surface area contributed by atoms with Crippen LogP contribution in [0.1, 0.15) is 12.5 Å². The van der Waals surface area contributed by atoms with Crippen LogP contribution in [-0.4, -0.2) is 27.4 Å². The van der Waals surface area contributed by atoms with Crippen LogP contribution in [0.4, 0.5) is 8.78 Å². The van der Waals surface area contributed by atoms with Gasteiger partial charge < -0.3 is 14.4 Å². The zero-order valence-electron chi connectivity index (χ0n) is 13.2. The number of aliphatic hydroxyl groups is 1. The van der Waals surface area contributed by atoms with Gasteiger partial charge >= 0.3 is 0 Å². The number of fused-ring (bicyclic) bond motifs is 1. The average molecular weight is 332 g/mol. The lowest BCUT2D eigenvalue weighted by Gasteiger charge is -2.14. The lowest BCUT2D eigenvalue weighted by molar-refractivity contribution is 0.0934. The molecule has 0 bridgehead atoms. The van der Waals surface area contributed by atoms with Crippen LogP contribution in [0.5, 0.6) is 5.75 Å². The van der Waals surface area contributed by atoms with E-state index in [4.69, 9.17) is 4.74 Å². The van der Waals surface area contributed by atoms with Crippen LogP contribution < -0.4 is 4.74 Å². The predicted octanol–water partition coefficient (Wildman–Crippen LogP) is 3.32. The third-order valence-corrected chi connectivity index (χ3v) is 3.82. The van der Waals surface area contributed by atoms with Crippen molar-refractivity contribution in [3.05, 3.63) is 59.9 Å². The molecule has 6 heteroatoms. The van der Waals surface area contributed by atoms with Gasteiger partial charge in [-0.1, -0.05) is 19.1 Å². The molecule has 0 aliphatic heterocycles. The summed E-state index contributed by atoms with van der Waals surface area (Å²) in [7, 11) is 0. The molecule has 1 N–H and O–H groups in total. The monoisotopic (exact) mass is 332 g/mol. The average Bonchev–Trinajstić information content (AvgIpc) is 2.95. The fourth-order valence-electron chi connectivity index (χ4n) is 2.53. The summed E-state index contributed by atoms with van der Waals surface area (Å²) >= 11 is 0. The van der Waals surface area contributed by atoms with Gasteiger partial charge in [0.05, 0.1) is 23.9 Å². The number of aryl methyl sites for hydroxylation is 1. The second kappa shape index (κ2) is 6.97. The summed E-state index contributed by atoms with van der Waals surface area (Å²) in [4.78, 5) is 4.02. The van der Waals surface area contributed by atoms with Crippen molar-refractivity contribution in [2.75, 3.05) is 6.61 Å². The van der Waals surface area contributed by atoms with Gasteiger partial charge in [0.2, 0.25) is 0 Å². The minimum atomic E-state index is -0.939. The second-order valence-corrected chi connectivity index (χ2v) is 5.62. The highest BCUT2D eigenvalue weighted by atomic mass is 19.2. The number of aliphatic hydroxyl groups excluding tert-OH is 1. The fraction of sp³-hybridized carbons (Fsp3) is 0.278. The highest BCUT2D eigenvalue weighted by molar-refractivity contribution is 5.75. The quantitative estimate of drug-likeness (QED) is 0.753. The van der Waals surface area contributed by atoms with Crippen molar-refractivity contribution in [2.45, 2.75) is 26.0 Å². The Morgan fingerprint density at radius 1 is 1.21 bits per heavy atom. The summed E-state index contributed by atoms with van der Waals surface area (Å²) in [6, 6.07) is 9.79. The summed E-state index contributed by atoms with van der Waals surface area (Å²) in [6.07, 6.45) is 1.55. The van der Waals surface area contributed by atoms with Crippen molar-refractivity contribution < 1.29 is 18.6 Å². The first-order valence-corrected chi connectivity index (χ1v) is 7.76. The van der Waals surface area contributed by atoms with E-state index in [0.717, 1.165) is 24.1 Å². The first-order chi connectivity index (χ1) is 11.6. The Labute approximate surface area is 138 Å². The maximum atomic E-state index is 13.4. The van der Waals surface area contributed by atoms with Crippen molar-refractivity contribution >= 4 is 11.0 Å². The molecule has 0 aliphatic carbocycles. The predicted molar refractivity (Wildman–Crippen MR) is 87.0 cm³/mol. The standard InChI is InChI=1S/C18H18F2N2O2/c1-2-12-4-3-5-14(6-12)24-10-13(23)9-22-11-21-17-7-15(19)16(20)8-18(17)22/h3-8,11,13,23H,2,9-10H2,1H3. The van der Waals surface area contributed by atoms with E-state index in [0.29, 0.717) is 16.8 Å². The topological polar surface area (TPSA) is 47.3 Å². The molecule has 0 amide bonds. The van der Waals surface area contributed by atoms with Crippen molar-refractivity contribution in [1.29, 1.82) is 0 Å². The molecule has 3 rings (SSSR count). The normalized spacial score (nSPS) is 12.5. The largest absolute Gasteiger partial charge is 0.491 e. The molecule has 1 heterocycles. The van der Waals surface area contributed by atoms with E-state index in [-0.39, 0.29) is 13.2 Å². The molecule has 2 aromatic carbocycles. The van der Waals surface area contributed by atoms with Crippen LogP contribution >= 0.6 is 0 Å². The third kappa shape index (κ3) is 3.54. The Morgan fingerprint density at radius 2 is 2.00 bits per heavy atom. The van der Waals surface area contributed by atoms with Gasteiger partial charge in [0.25, 0.3) is 0 Å². The maximum absolute atomic E-state index is 13.4. The molecule has 1 unspecified atom stereocenters. The van der Waals surface area contributed by atoms with Crippen LogP contribution in [0.15, 0.2) is 42.7 Å². The van der Waals surface area contributed by atoms with Crippen LogP contribution in [0, 0.1) is 11.6 Å². The minimum Gasteiger partial charge on any atom is -0.491 e. The van der Waals surface area contributed by atoms with Crippen LogP contribution in [0.3, 0.4) is 0 Å². The van der Waals surface area contributed by atoms with Gasteiger partial charge in [-0.3, -0.25) is 0 Å². The van der Waals surface area contributed by atoms with Crippen molar-refractivity contribution in [3.63, 3.8) is 0 Å². The Hall–Kier alpha value is -2.47. The number of hydrogen-bond donors (Lipinski definition) is 1. The molecular weight excluding hydrogens is 314 g/mol. The number of nitrogens with zero attached hydrogens (tertiary/aromatic N) is 2. The first kappa shape index (κ1) is 16.4. The number of hydrogen-bond acceptors (Lipinski definition) is 3. The van der Waals surface area contributed by atoms with E-state index >= 15 is 0 Å². The molecule has 126 valence electrons. The summed E-state index contributed by atoms with van der Waals surface area (Å²) in [6.45, 7) is 2.33. The molecule has 0 spiro atoms. The Kier molecular flexibility index (Phi) is 4.76. The lowest BCUT2D eigenvalue weighted by Crippen LogP contribution is -2.23. The second-order valence-electron chi connectivity index (χ2n) is 5.62. The Bertz CT molecular complexity index is 848. The van der Waals surface area contributed by atoms with Gasteiger partial charge in [-0.15, -0.1) is 0 Å². The molecule has 0 radical (unpaired) electrons. The van der Waals surface area contributed by atoms with E-state index in [1.807, 2.05) is 24.3 Å². The smallest absolute Gasteiger partial charge is 0.161 e. The minimum absolute atomic E-state index is 0.0938. The molecule has 24 heavy (non-hydrogen) atoms. The lowest BCUT2D eigenvalue weighted by atomic mass is 10.2. The molecule has 4 nitrogen and oxygen atoms in total. The number of halogens is 2. The van der Waals surface area contributed by atoms with Crippen molar-refractivity contribution in [1.82, 2.24) is 9.55 Å². The molecule has 0 fully saturated rings. The maximum Gasteiger partial charge on any atom is 0.161 e. The third-order valence-electron chi connectivity index (χ3n) is 3.82. The van der Waals surface area contributed by atoms with Gasteiger partial charge in [-0.25, -0.2) is 13.8 Å². The summed E-state index contributed by atoms with van der Waals surface area (Å²) in [5.41, 5.74) is 1.93. The summed E-state index contributed by atoms with van der Waals surface area (Å²) < 4.78 is 33.8. The first-order valence-electron chi connectivity index (χ1n) is 7.76. The van der Waals surface area contributed by atoms with Crippen LogP contribution in [-0.2, 0) is 13.0 Å². The van der Waals surface area contributed by atoms with E-state index in [2.05, 4.69) is 11.9 Å². The molecule has 1 aromatic heterocycles. The van der Waals surface area contributed by atoms with E-state index in [1.165, 1.54) is 6.33 Å². The molecule has 0 aliphatic rings. The van der Waals surface area contributed by atoms with Gasteiger partial charge in [0, 0.05) is 12.1 Å². The van der Waals surface area contributed by atoms with Gasteiger partial charge in [-0.05, 0) is 24.1 Å². The van der Waals surface area contributed by atoms with Crippen molar-refractivity contribution in [3.8, 4) is 5.75 Å². The Morgan fingerprint density at radius 3 is 2.79 bits per heavy atom. The SMILES string of the molecule is CCc1cccc(OCC(O)Cn2cnc3cc(F)c(F)cc32)c1. The van der Waals surface area contributed by atoms with E-state index < -0.39 is 17.7 Å². The number of rotatable bonds is 6. The highest BCUT2D eigenvalue weighted by Gasteiger charge is 2.12. The Balaban J connectivity index is 1.66. The molecular formula is C18H18F2N2O2. The molecule has 3 aromatic rings. The fourth-order valence-corrected chi connectivity index (χ4v) is 2.53. The van der Waals surface area contributed by atoms with Gasteiger partial charge in [0.15, 0.2) is 11.6 Å². The highest BCUT2D eigenvalue weighted by Crippen LogP contribution is 2.18. The van der Waals surface area contributed by atoms with Crippen molar-refractivity contribution in [2.24, 2.45) is 0 Å². The zero-order valence-corrected chi connectivity index (χ0v) is 13.2. The molecule has 0 saturated carbocycles. The van der Waals surface area contributed by atoms with Crippen LogP contribution in [0.2, 0.25) is 0 Å². The van der Waals surface area contributed by atoms with Gasteiger partial charge in [-0.2, -0.15) is 0 Å². The molecule has 0 saturated heterocycles. The molecule has 1 atom stereocenters. The zero-order chi connectivity index (χ0) is 17.1. The number of benzene rings is 2. The summed E-state index contributed by atoms with van der Waals surface area (Å²) in [5.74, 6) is -1.18. The summed E-state index contributed by atoms with van der Waals surface area (Å²) in [5, 5.41) is 10.2. The van der Waals surface area contributed by atoms with E-state index in [9.17, 15) is 13.9 Å². The number of ether oxygens (including phenoxy) is 1. The number of aromatic nitrogens is 2. The van der Waals surface area contributed by atoms with E-state index in [1.54, 1.807) is 4.57 Å². The van der Waals surface area contributed by atoms with Gasteiger partial charge in [0.1, 0.15) is 18.5 Å².